The monoisotopic (exact) mass is 265 g/mol. The van der Waals surface area contributed by atoms with Crippen LogP contribution in [-0.2, 0) is 19.0 Å². The molecule has 0 saturated carbocycles. The highest BCUT2D eigenvalue weighted by molar-refractivity contribution is 7.85. The van der Waals surface area contributed by atoms with Gasteiger partial charge in [0.2, 0.25) is 0 Å². The molecule has 6 nitrogen and oxygen atoms in total. The zero-order chi connectivity index (χ0) is 13.3. The van der Waals surface area contributed by atoms with Crippen molar-refractivity contribution in [2.75, 3.05) is 19.4 Å². The van der Waals surface area contributed by atoms with E-state index in [1.54, 1.807) is 20.8 Å². The minimum absolute atomic E-state index is 0.00191. The van der Waals surface area contributed by atoms with Gasteiger partial charge in [-0.1, -0.05) is 0 Å². The van der Waals surface area contributed by atoms with E-state index >= 15 is 0 Å². The third-order valence-electron chi connectivity index (χ3n) is 2.25. The van der Waals surface area contributed by atoms with Crippen molar-refractivity contribution < 1.29 is 22.1 Å². The molecule has 0 bridgehead atoms. The summed E-state index contributed by atoms with van der Waals surface area (Å²) in [5.41, 5.74) is -0.547. The van der Waals surface area contributed by atoms with Gasteiger partial charge in [-0.25, -0.2) is 4.79 Å². The average molecular weight is 265 g/mol. The summed E-state index contributed by atoms with van der Waals surface area (Å²) in [6, 6.07) is -0.209. The Bertz CT molecular complexity index is 384. The van der Waals surface area contributed by atoms with Crippen LogP contribution in [0.4, 0.5) is 4.79 Å². The van der Waals surface area contributed by atoms with Gasteiger partial charge < -0.3 is 9.64 Å². The van der Waals surface area contributed by atoms with E-state index in [9.17, 15) is 13.2 Å². The van der Waals surface area contributed by atoms with Gasteiger partial charge in [0.15, 0.2) is 0 Å². The van der Waals surface area contributed by atoms with Crippen molar-refractivity contribution in [2.45, 2.75) is 38.8 Å². The van der Waals surface area contributed by atoms with Gasteiger partial charge in [-0.05, 0) is 27.2 Å². The van der Waals surface area contributed by atoms with E-state index in [1.807, 2.05) is 0 Å². The molecule has 0 N–H and O–H groups in total. The van der Waals surface area contributed by atoms with E-state index in [2.05, 4.69) is 4.18 Å². The summed E-state index contributed by atoms with van der Waals surface area (Å²) < 4.78 is 31.5. The molecular weight excluding hydrogens is 246 g/mol. The lowest BCUT2D eigenvalue weighted by Crippen LogP contribution is -2.54. The third kappa shape index (κ3) is 4.91. The van der Waals surface area contributed by atoms with Crippen molar-refractivity contribution in [1.29, 1.82) is 0 Å². The van der Waals surface area contributed by atoms with Crippen LogP contribution >= 0.6 is 0 Å². The second kappa shape index (κ2) is 4.81. The van der Waals surface area contributed by atoms with Crippen molar-refractivity contribution in [3.63, 3.8) is 0 Å². The smallest absolute Gasteiger partial charge is 0.410 e. The summed E-state index contributed by atoms with van der Waals surface area (Å²) in [4.78, 5) is 13.2. The molecule has 1 saturated heterocycles. The molecule has 0 aliphatic carbocycles. The molecule has 7 heteroatoms. The molecule has 17 heavy (non-hydrogen) atoms. The van der Waals surface area contributed by atoms with Gasteiger partial charge in [0.05, 0.1) is 18.9 Å². The minimum atomic E-state index is -3.46. The Kier molecular flexibility index (Phi) is 4.03. The van der Waals surface area contributed by atoms with Gasteiger partial charge in [-0.3, -0.25) is 4.18 Å². The fourth-order valence-electron chi connectivity index (χ4n) is 1.38. The molecule has 100 valence electrons. The highest BCUT2D eigenvalue weighted by Gasteiger charge is 2.35. The second-order valence-electron chi connectivity index (χ2n) is 5.10. The lowest BCUT2D eigenvalue weighted by atomic mass is 10.1. The van der Waals surface area contributed by atoms with Crippen molar-refractivity contribution in [1.82, 2.24) is 4.90 Å². The number of nitrogens with zero attached hydrogens (tertiary/aromatic N) is 1. The van der Waals surface area contributed by atoms with Crippen LogP contribution in [0.5, 0.6) is 0 Å². The van der Waals surface area contributed by atoms with E-state index in [0.29, 0.717) is 6.54 Å². The first-order valence-corrected chi connectivity index (χ1v) is 7.24. The van der Waals surface area contributed by atoms with Crippen LogP contribution in [0.15, 0.2) is 0 Å². The Balaban J connectivity index is 2.43. The van der Waals surface area contributed by atoms with E-state index in [0.717, 1.165) is 12.7 Å². The van der Waals surface area contributed by atoms with Gasteiger partial charge in [-0.2, -0.15) is 8.42 Å². The number of hydrogen-bond acceptors (Lipinski definition) is 5. The van der Waals surface area contributed by atoms with Crippen LogP contribution in [0.2, 0.25) is 0 Å². The van der Waals surface area contributed by atoms with Crippen LogP contribution < -0.4 is 0 Å². The van der Waals surface area contributed by atoms with Gasteiger partial charge in [0, 0.05) is 6.54 Å². The van der Waals surface area contributed by atoms with Crippen LogP contribution in [0, 0.1) is 0 Å². The largest absolute Gasteiger partial charge is 0.444 e. The minimum Gasteiger partial charge on any atom is -0.444 e. The molecule has 0 aromatic rings. The predicted molar refractivity (Wildman–Crippen MR) is 62.1 cm³/mol. The quantitative estimate of drug-likeness (QED) is 0.711. The number of carbonyl (C=O) groups excluding carboxylic acids is 1. The lowest BCUT2D eigenvalue weighted by molar-refractivity contribution is -0.0136. The van der Waals surface area contributed by atoms with Gasteiger partial charge in [-0.15, -0.1) is 0 Å². The molecule has 1 atom stereocenters. The Morgan fingerprint density at radius 1 is 1.41 bits per heavy atom. The summed E-state index contributed by atoms with van der Waals surface area (Å²) in [6.07, 6.45) is 1.30. The van der Waals surface area contributed by atoms with Gasteiger partial charge in [0.25, 0.3) is 10.1 Å². The van der Waals surface area contributed by atoms with E-state index in [4.69, 9.17) is 4.74 Å². The lowest BCUT2D eigenvalue weighted by Gasteiger charge is -2.40. The SMILES string of the molecule is CC(C)(C)OC(=O)N1CC[C@H]1COS(C)(=O)=O. The number of rotatable bonds is 3. The van der Waals surface area contributed by atoms with Crippen LogP contribution in [0.1, 0.15) is 27.2 Å². The Labute approximate surface area is 102 Å². The highest BCUT2D eigenvalue weighted by atomic mass is 32.2. The summed E-state index contributed by atoms with van der Waals surface area (Å²) in [5, 5.41) is 0. The maximum Gasteiger partial charge on any atom is 0.410 e. The number of likely N-dealkylation sites (tertiary alicyclic amines) is 1. The Morgan fingerprint density at radius 3 is 2.35 bits per heavy atom. The fraction of sp³-hybridized carbons (Fsp3) is 0.900. The summed E-state index contributed by atoms with van der Waals surface area (Å²) in [7, 11) is -3.46. The Morgan fingerprint density at radius 2 is 2.00 bits per heavy atom. The van der Waals surface area contributed by atoms with E-state index in [1.165, 1.54) is 4.90 Å². The number of carbonyl (C=O) groups is 1. The average Bonchev–Trinajstić information content (AvgIpc) is 1.94. The summed E-state index contributed by atoms with van der Waals surface area (Å²) >= 11 is 0. The Hall–Kier alpha value is -0.820. The molecule has 0 aromatic heterocycles. The molecule has 0 radical (unpaired) electrons. The van der Waals surface area contributed by atoms with E-state index < -0.39 is 21.8 Å². The molecule has 1 fully saturated rings. The topological polar surface area (TPSA) is 72.9 Å². The zero-order valence-electron chi connectivity index (χ0n) is 10.6. The van der Waals surface area contributed by atoms with Crippen molar-refractivity contribution in [3.8, 4) is 0 Å². The van der Waals surface area contributed by atoms with Crippen LogP contribution in [0.25, 0.3) is 0 Å². The zero-order valence-corrected chi connectivity index (χ0v) is 11.4. The number of hydrogen-bond donors (Lipinski definition) is 0. The summed E-state index contributed by atoms with van der Waals surface area (Å²) in [5.74, 6) is 0. The van der Waals surface area contributed by atoms with Crippen LogP contribution in [-0.4, -0.2) is 50.5 Å². The molecule has 1 rings (SSSR count). The molecular formula is C10H19NO5S. The number of ether oxygens (including phenoxy) is 1. The molecule has 1 aliphatic heterocycles. The molecule has 0 unspecified atom stereocenters. The fourth-order valence-corrected chi connectivity index (χ4v) is 1.78. The van der Waals surface area contributed by atoms with Gasteiger partial charge >= 0.3 is 6.09 Å². The highest BCUT2D eigenvalue weighted by Crippen LogP contribution is 2.21. The van der Waals surface area contributed by atoms with E-state index in [-0.39, 0.29) is 12.6 Å². The molecule has 1 heterocycles. The van der Waals surface area contributed by atoms with Crippen LogP contribution in [0.3, 0.4) is 0 Å². The molecule has 0 aromatic carbocycles. The second-order valence-corrected chi connectivity index (χ2v) is 6.75. The maximum atomic E-state index is 11.7. The first kappa shape index (κ1) is 14.2. The third-order valence-corrected chi connectivity index (χ3v) is 2.81. The summed E-state index contributed by atoms with van der Waals surface area (Å²) in [6.45, 7) is 5.93. The standard InChI is InChI=1S/C10H19NO5S/c1-10(2,3)16-9(12)11-6-5-8(11)7-15-17(4,13)14/h8H,5-7H2,1-4H3/t8-/m0/s1. The normalized spacial score (nSPS) is 20.9. The van der Waals surface area contributed by atoms with Crippen molar-refractivity contribution in [2.24, 2.45) is 0 Å². The van der Waals surface area contributed by atoms with Gasteiger partial charge in [0.1, 0.15) is 5.60 Å². The molecule has 1 aliphatic rings. The van der Waals surface area contributed by atoms with Crippen molar-refractivity contribution in [3.05, 3.63) is 0 Å². The molecule has 1 amide bonds. The first-order chi connectivity index (χ1) is 7.58. The molecule has 0 spiro atoms. The maximum absolute atomic E-state index is 11.7. The predicted octanol–water partition coefficient (Wildman–Crippen LogP) is 0.972. The first-order valence-electron chi connectivity index (χ1n) is 5.42. The van der Waals surface area contributed by atoms with Crippen molar-refractivity contribution >= 4 is 16.2 Å². The number of amides is 1.